The number of nitro groups is 1. The number of aromatic nitrogens is 1. The third-order valence-corrected chi connectivity index (χ3v) is 2.97. The predicted octanol–water partition coefficient (Wildman–Crippen LogP) is 3.48. The van der Waals surface area contributed by atoms with Gasteiger partial charge < -0.3 is 20.2 Å². The number of hydrogen-bond donors (Lipinski definition) is 1. The first-order valence-electron chi connectivity index (χ1n) is 7.54. The quantitative estimate of drug-likeness (QED) is 0.504. The van der Waals surface area contributed by atoms with Crippen LogP contribution in [0, 0.1) is 10.1 Å². The minimum absolute atomic E-state index is 0.0937. The van der Waals surface area contributed by atoms with Crippen LogP contribution >= 0.6 is 0 Å². The summed E-state index contributed by atoms with van der Waals surface area (Å²) in [5, 5.41) is 13.6. The third-order valence-electron chi connectivity index (χ3n) is 2.97. The van der Waals surface area contributed by atoms with E-state index in [1.54, 1.807) is 30.3 Å². The molecule has 1 amide bonds. The number of benzene rings is 1. The monoisotopic (exact) mass is 345 g/mol. The first-order chi connectivity index (χ1) is 11.9. The Morgan fingerprint density at radius 2 is 1.80 bits per heavy atom. The summed E-state index contributed by atoms with van der Waals surface area (Å²) in [5.74, 6) is -1.98. The van der Waals surface area contributed by atoms with E-state index in [0.29, 0.717) is 5.69 Å². The lowest BCUT2D eigenvalue weighted by Crippen LogP contribution is -2.18. The van der Waals surface area contributed by atoms with Crippen LogP contribution in [-0.4, -0.2) is 28.7 Å². The molecule has 25 heavy (non-hydrogen) atoms. The van der Waals surface area contributed by atoms with Crippen molar-refractivity contribution in [1.29, 1.82) is 0 Å². The van der Waals surface area contributed by atoms with Gasteiger partial charge in [-0.15, -0.1) is 0 Å². The lowest BCUT2D eigenvalue weighted by atomic mass is 10.1. The summed E-state index contributed by atoms with van der Waals surface area (Å²) in [6, 6.07) is 9.72. The van der Waals surface area contributed by atoms with E-state index in [9.17, 15) is 19.7 Å². The number of hydrogen-bond acceptors (Lipinski definition) is 6. The molecule has 0 spiro atoms. The highest BCUT2D eigenvalue weighted by atomic mass is 16.6. The van der Waals surface area contributed by atoms with Crippen molar-refractivity contribution in [2.75, 3.05) is 12.4 Å². The second-order valence-corrected chi connectivity index (χ2v) is 4.54. The van der Waals surface area contributed by atoms with Crippen LogP contribution in [0.4, 0.5) is 11.5 Å². The maximum Gasteiger partial charge on any atom is 0.406 e. The highest BCUT2D eigenvalue weighted by Crippen LogP contribution is 2.27. The Labute approximate surface area is 145 Å². The molecule has 1 aromatic carbocycles. The number of carbonyl (C=O) groups excluding carboxylic acids is 2. The summed E-state index contributed by atoms with van der Waals surface area (Å²) in [7, 11) is 1.22. The minimum atomic E-state index is -0.774. The van der Waals surface area contributed by atoms with Crippen LogP contribution in [0.3, 0.4) is 0 Å². The van der Waals surface area contributed by atoms with E-state index in [1.807, 2.05) is 13.8 Å². The van der Waals surface area contributed by atoms with E-state index in [0.717, 1.165) is 6.07 Å². The first kappa shape index (κ1) is 19.8. The second kappa shape index (κ2) is 9.11. The Hall–Kier alpha value is -3.29. The molecule has 0 bridgehead atoms. The molecule has 2 rings (SSSR count). The number of nitrogens with one attached hydrogen (secondary N) is 1. The fraction of sp³-hybridized carbons (Fsp3) is 0.235. The second-order valence-electron chi connectivity index (χ2n) is 4.54. The number of ether oxygens (including phenoxy) is 1. The zero-order valence-corrected chi connectivity index (χ0v) is 14.4. The van der Waals surface area contributed by atoms with Gasteiger partial charge in [-0.3, -0.25) is 9.59 Å². The third kappa shape index (κ3) is 4.84. The molecule has 0 fully saturated rings. The molecule has 0 aliphatic heterocycles. The van der Waals surface area contributed by atoms with Crippen LogP contribution in [0.15, 0.2) is 36.4 Å². The van der Waals surface area contributed by atoms with Crippen LogP contribution < -0.4 is 10.1 Å². The molecular weight excluding hydrogens is 326 g/mol. The van der Waals surface area contributed by atoms with Crippen molar-refractivity contribution in [3.8, 4) is 5.75 Å². The fourth-order valence-corrected chi connectivity index (χ4v) is 1.93. The number of pyridine rings is 1. The first-order valence-corrected chi connectivity index (χ1v) is 7.54. The summed E-state index contributed by atoms with van der Waals surface area (Å²) in [4.78, 5) is 37.9. The van der Waals surface area contributed by atoms with Crippen molar-refractivity contribution >= 4 is 23.2 Å². The maximum atomic E-state index is 12.4. The number of amides is 1. The van der Waals surface area contributed by atoms with Crippen molar-refractivity contribution in [1.82, 2.24) is 4.98 Å². The number of anilines is 1. The van der Waals surface area contributed by atoms with Gasteiger partial charge in [0.05, 0.1) is 12.7 Å². The number of Topliss-reactive ketones (excluding diaryl/α,β-unsaturated/α-hetero) is 1. The molecule has 1 heterocycles. The average Bonchev–Trinajstić information content (AvgIpc) is 2.62. The van der Waals surface area contributed by atoms with Gasteiger partial charge >= 0.3 is 5.82 Å². The van der Waals surface area contributed by atoms with Gasteiger partial charge in [-0.2, -0.15) is 0 Å². The summed E-state index contributed by atoms with van der Waals surface area (Å²) < 4.78 is 4.89. The number of ketones is 1. The molecule has 132 valence electrons. The van der Waals surface area contributed by atoms with E-state index >= 15 is 0 Å². The van der Waals surface area contributed by atoms with Crippen molar-refractivity contribution in [2.24, 2.45) is 0 Å². The molecule has 8 nitrogen and oxygen atoms in total. The molecule has 1 aromatic heterocycles. The molecule has 0 saturated heterocycles. The summed E-state index contributed by atoms with van der Waals surface area (Å²) in [6.07, 6.45) is 0. The molecule has 1 N–H and O–H groups in total. The topological polar surface area (TPSA) is 111 Å². The van der Waals surface area contributed by atoms with Crippen molar-refractivity contribution in [2.45, 2.75) is 20.8 Å². The van der Waals surface area contributed by atoms with Gasteiger partial charge in [0, 0.05) is 18.7 Å². The van der Waals surface area contributed by atoms with E-state index in [1.165, 1.54) is 14.0 Å². The molecule has 0 aliphatic rings. The molecule has 8 heteroatoms. The number of carbonyl (C=O) groups is 2. The van der Waals surface area contributed by atoms with Gasteiger partial charge in [0.2, 0.25) is 17.2 Å². The normalized spacial score (nSPS) is 9.44. The summed E-state index contributed by atoms with van der Waals surface area (Å²) in [6.45, 7) is 5.18. The highest BCUT2D eigenvalue weighted by Gasteiger charge is 2.28. The van der Waals surface area contributed by atoms with E-state index in [4.69, 9.17) is 4.74 Å². The lowest BCUT2D eigenvalue weighted by molar-refractivity contribution is -0.390. The number of methoxy groups -OCH3 is 1. The molecule has 0 radical (unpaired) electrons. The highest BCUT2D eigenvalue weighted by molar-refractivity contribution is 6.11. The summed E-state index contributed by atoms with van der Waals surface area (Å²) >= 11 is 0. The van der Waals surface area contributed by atoms with E-state index in [2.05, 4.69) is 10.3 Å². The number of rotatable bonds is 5. The van der Waals surface area contributed by atoms with Crippen LogP contribution in [0.5, 0.6) is 5.75 Å². The fourth-order valence-electron chi connectivity index (χ4n) is 1.93. The average molecular weight is 345 g/mol. The molecule has 0 unspecified atom stereocenters. The van der Waals surface area contributed by atoms with Crippen LogP contribution in [0.25, 0.3) is 0 Å². The zero-order valence-electron chi connectivity index (χ0n) is 14.4. The van der Waals surface area contributed by atoms with Crippen LogP contribution in [0.2, 0.25) is 0 Å². The SMILES string of the molecule is CC.COc1cc(C(=O)Nc2ccccc2)c(C(C)=O)nc1[N+](=O)[O-]. The smallest absolute Gasteiger partial charge is 0.406 e. The maximum absolute atomic E-state index is 12.4. The van der Waals surface area contributed by atoms with Crippen LogP contribution in [-0.2, 0) is 0 Å². The Morgan fingerprint density at radius 3 is 2.28 bits per heavy atom. The number of nitrogens with zero attached hydrogens (tertiary/aromatic N) is 2. The van der Waals surface area contributed by atoms with Gasteiger partial charge in [-0.1, -0.05) is 32.0 Å². The van der Waals surface area contributed by atoms with Crippen molar-refractivity contribution < 1.29 is 19.2 Å². The largest absolute Gasteiger partial charge is 0.489 e. The van der Waals surface area contributed by atoms with Crippen molar-refractivity contribution in [3.05, 3.63) is 57.8 Å². The Bertz CT molecular complexity index is 775. The molecule has 2 aromatic rings. The van der Waals surface area contributed by atoms with Gasteiger partial charge in [0.15, 0.2) is 0 Å². The van der Waals surface area contributed by atoms with Crippen LogP contribution in [0.1, 0.15) is 41.6 Å². The minimum Gasteiger partial charge on any atom is -0.489 e. The van der Waals surface area contributed by atoms with Gasteiger partial charge in [0.1, 0.15) is 0 Å². The molecule has 0 aliphatic carbocycles. The zero-order chi connectivity index (χ0) is 19.0. The molecule has 0 saturated carbocycles. The predicted molar refractivity (Wildman–Crippen MR) is 93.2 cm³/mol. The van der Waals surface area contributed by atoms with E-state index < -0.39 is 22.4 Å². The van der Waals surface area contributed by atoms with Gasteiger partial charge in [0.25, 0.3) is 5.91 Å². The molecular formula is C17H19N3O5. The molecule has 0 atom stereocenters. The Morgan fingerprint density at radius 1 is 1.20 bits per heavy atom. The number of para-hydroxylation sites is 1. The standard InChI is InChI=1S/C15H13N3O5.C2H6/c1-9(19)13-11(8-12(23-2)14(17-13)18(21)22)15(20)16-10-6-4-3-5-7-10;1-2/h3-8H,1-2H3,(H,16,20);1-2H3. The lowest BCUT2D eigenvalue weighted by Gasteiger charge is -2.08. The Balaban J connectivity index is 0.00000151. The summed E-state index contributed by atoms with van der Waals surface area (Å²) in [5.41, 5.74) is 0.138. The Kier molecular flexibility index (Phi) is 7.20. The van der Waals surface area contributed by atoms with Gasteiger partial charge in [-0.05, 0) is 22.0 Å². The van der Waals surface area contributed by atoms with Crippen molar-refractivity contribution in [3.63, 3.8) is 0 Å². The van der Waals surface area contributed by atoms with Gasteiger partial charge in [-0.25, -0.2) is 0 Å². The van der Waals surface area contributed by atoms with E-state index in [-0.39, 0.29) is 17.0 Å².